The maximum Gasteiger partial charge on any atom is 0.220 e. The van der Waals surface area contributed by atoms with E-state index in [2.05, 4.69) is 5.32 Å². The molecule has 1 unspecified atom stereocenters. The molecule has 18 heavy (non-hydrogen) atoms. The first kappa shape index (κ1) is 15.0. The molecular formula is C13H18FNO2S. The van der Waals surface area contributed by atoms with Crippen LogP contribution in [0.4, 0.5) is 4.39 Å². The molecule has 1 aromatic carbocycles. The van der Waals surface area contributed by atoms with Crippen molar-refractivity contribution in [2.75, 3.05) is 18.1 Å². The number of thioether (sulfide) groups is 1. The van der Waals surface area contributed by atoms with Crippen molar-refractivity contribution in [3.8, 4) is 0 Å². The molecule has 3 nitrogen and oxygen atoms in total. The van der Waals surface area contributed by atoms with Crippen LogP contribution in [0.15, 0.2) is 24.3 Å². The summed E-state index contributed by atoms with van der Waals surface area (Å²) >= 11 is 1.70. The van der Waals surface area contributed by atoms with Crippen molar-refractivity contribution in [3.63, 3.8) is 0 Å². The Morgan fingerprint density at radius 2 is 2.11 bits per heavy atom. The lowest BCUT2D eigenvalue weighted by molar-refractivity contribution is -0.121. The minimum absolute atomic E-state index is 0.0721. The van der Waals surface area contributed by atoms with Crippen LogP contribution in [0.2, 0.25) is 0 Å². The van der Waals surface area contributed by atoms with Gasteiger partial charge < -0.3 is 10.4 Å². The Bertz CT molecular complexity index is 370. The number of benzene rings is 1. The molecule has 0 bridgehead atoms. The Labute approximate surface area is 111 Å². The smallest absolute Gasteiger partial charge is 0.220 e. The number of amides is 1. The van der Waals surface area contributed by atoms with E-state index in [1.807, 2.05) is 6.92 Å². The van der Waals surface area contributed by atoms with Crippen molar-refractivity contribution in [1.29, 1.82) is 0 Å². The highest BCUT2D eigenvalue weighted by molar-refractivity contribution is 7.99. The molecule has 0 aliphatic heterocycles. The first-order chi connectivity index (χ1) is 8.63. The van der Waals surface area contributed by atoms with E-state index in [-0.39, 0.29) is 18.3 Å². The third-order valence-electron chi connectivity index (χ3n) is 2.42. The van der Waals surface area contributed by atoms with Crippen molar-refractivity contribution < 1.29 is 14.3 Å². The summed E-state index contributed by atoms with van der Waals surface area (Å²) in [5, 5.41) is 12.4. The lowest BCUT2D eigenvalue weighted by Crippen LogP contribution is -2.28. The zero-order valence-electron chi connectivity index (χ0n) is 10.4. The number of rotatable bonds is 7. The molecule has 1 rings (SSSR count). The van der Waals surface area contributed by atoms with Crippen molar-refractivity contribution in [2.24, 2.45) is 0 Å². The van der Waals surface area contributed by atoms with E-state index in [9.17, 15) is 14.3 Å². The highest BCUT2D eigenvalue weighted by Crippen LogP contribution is 2.12. The number of halogens is 1. The molecular weight excluding hydrogens is 253 g/mol. The van der Waals surface area contributed by atoms with Gasteiger partial charge in [-0.15, -0.1) is 0 Å². The van der Waals surface area contributed by atoms with Crippen LogP contribution in [0.5, 0.6) is 0 Å². The zero-order chi connectivity index (χ0) is 13.4. The Kier molecular flexibility index (Phi) is 6.75. The monoisotopic (exact) mass is 271 g/mol. The number of carbonyl (C=O) groups is 1. The second-order valence-electron chi connectivity index (χ2n) is 3.82. The standard InChI is InChI=1S/C13H18FNO2S/c1-2-18-8-7-13(17)15-9-12(16)10-3-5-11(14)6-4-10/h3-6,12,16H,2,7-9H2,1H3,(H,15,17). The average molecular weight is 271 g/mol. The van der Waals surface area contributed by atoms with Gasteiger partial charge in [0, 0.05) is 18.7 Å². The summed E-state index contributed by atoms with van der Waals surface area (Å²) in [5.74, 6) is 1.36. The summed E-state index contributed by atoms with van der Waals surface area (Å²) in [6, 6.07) is 5.61. The molecule has 0 aliphatic rings. The maximum absolute atomic E-state index is 12.7. The molecule has 0 aromatic heterocycles. The number of hydrogen-bond donors (Lipinski definition) is 2. The van der Waals surface area contributed by atoms with Gasteiger partial charge in [-0.2, -0.15) is 11.8 Å². The number of aliphatic hydroxyl groups excluding tert-OH is 1. The van der Waals surface area contributed by atoms with E-state index < -0.39 is 6.10 Å². The number of aliphatic hydroxyl groups is 1. The van der Waals surface area contributed by atoms with Gasteiger partial charge in [-0.1, -0.05) is 19.1 Å². The number of carbonyl (C=O) groups excluding carboxylic acids is 1. The minimum Gasteiger partial charge on any atom is -0.387 e. The Balaban J connectivity index is 2.30. The molecule has 1 amide bonds. The summed E-state index contributed by atoms with van der Waals surface area (Å²) in [6.07, 6.45) is -0.345. The van der Waals surface area contributed by atoms with Crippen molar-refractivity contribution >= 4 is 17.7 Å². The van der Waals surface area contributed by atoms with E-state index in [0.717, 1.165) is 11.5 Å². The van der Waals surface area contributed by atoms with Crippen LogP contribution in [0, 0.1) is 5.82 Å². The molecule has 0 saturated heterocycles. The average Bonchev–Trinajstić information content (AvgIpc) is 2.37. The Morgan fingerprint density at radius 3 is 2.72 bits per heavy atom. The van der Waals surface area contributed by atoms with Crippen LogP contribution in [0.3, 0.4) is 0 Å². The predicted molar refractivity (Wildman–Crippen MR) is 72.0 cm³/mol. The first-order valence-electron chi connectivity index (χ1n) is 5.91. The molecule has 1 aromatic rings. The topological polar surface area (TPSA) is 49.3 Å². The van der Waals surface area contributed by atoms with Gasteiger partial charge in [0.15, 0.2) is 0 Å². The lowest BCUT2D eigenvalue weighted by atomic mass is 10.1. The van der Waals surface area contributed by atoms with Crippen LogP contribution in [0.25, 0.3) is 0 Å². The van der Waals surface area contributed by atoms with Crippen LogP contribution >= 0.6 is 11.8 Å². The molecule has 1 atom stereocenters. The van der Waals surface area contributed by atoms with Gasteiger partial charge in [0.25, 0.3) is 0 Å². The van der Waals surface area contributed by atoms with Gasteiger partial charge in [-0.25, -0.2) is 4.39 Å². The normalized spacial score (nSPS) is 12.2. The van der Waals surface area contributed by atoms with Gasteiger partial charge in [0.2, 0.25) is 5.91 Å². The summed E-state index contributed by atoms with van der Waals surface area (Å²) < 4.78 is 12.7. The molecule has 5 heteroatoms. The largest absolute Gasteiger partial charge is 0.387 e. The fraction of sp³-hybridized carbons (Fsp3) is 0.462. The zero-order valence-corrected chi connectivity index (χ0v) is 11.2. The molecule has 0 fully saturated rings. The fourth-order valence-electron chi connectivity index (χ4n) is 1.41. The molecule has 0 heterocycles. The van der Waals surface area contributed by atoms with E-state index in [4.69, 9.17) is 0 Å². The molecule has 100 valence electrons. The highest BCUT2D eigenvalue weighted by atomic mass is 32.2. The summed E-state index contributed by atoms with van der Waals surface area (Å²) in [6.45, 7) is 2.20. The third-order valence-corrected chi connectivity index (χ3v) is 3.33. The van der Waals surface area contributed by atoms with Crippen molar-refractivity contribution in [1.82, 2.24) is 5.32 Å². The predicted octanol–water partition coefficient (Wildman–Crippen LogP) is 2.12. The first-order valence-corrected chi connectivity index (χ1v) is 7.07. The molecule has 0 radical (unpaired) electrons. The van der Waals surface area contributed by atoms with Gasteiger partial charge in [-0.3, -0.25) is 4.79 Å². The lowest BCUT2D eigenvalue weighted by Gasteiger charge is -2.12. The van der Waals surface area contributed by atoms with Crippen molar-refractivity contribution in [2.45, 2.75) is 19.4 Å². The molecule has 0 spiro atoms. The van der Waals surface area contributed by atoms with Crippen molar-refractivity contribution in [3.05, 3.63) is 35.6 Å². The van der Waals surface area contributed by atoms with Gasteiger partial charge in [-0.05, 0) is 23.4 Å². The molecule has 2 N–H and O–H groups in total. The molecule has 0 saturated carbocycles. The molecule has 0 aliphatic carbocycles. The summed E-state index contributed by atoms with van der Waals surface area (Å²) in [5.41, 5.74) is 0.597. The quantitative estimate of drug-likeness (QED) is 0.747. The highest BCUT2D eigenvalue weighted by Gasteiger charge is 2.09. The second kappa shape index (κ2) is 8.11. The van der Waals surface area contributed by atoms with Crippen LogP contribution < -0.4 is 5.32 Å². The fourth-order valence-corrected chi connectivity index (χ4v) is 2.03. The minimum atomic E-state index is -0.798. The van der Waals surface area contributed by atoms with Gasteiger partial charge >= 0.3 is 0 Å². The van der Waals surface area contributed by atoms with Gasteiger partial charge in [0.1, 0.15) is 5.82 Å². The third kappa shape index (κ3) is 5.51. The van der Waals surface area contributed by atoms with Crippen LogP contribution in [-0.2, 0) is 4.79 Å². The number of nitrogens with one attached hydrogen (secondary N) is 1. The van der Waals surface area contributed by atoms with Crippen LogP contribution in [-0.4, -0.2) is 29.1 Å². The van der Waals surface area contributed by atoms with E-state index in [1.54, 1.807) is 11.8 Å². The SMILES string of the molecule is CCSCCC(=O)NCC(O)c1ccc(F)cc1. The Morgan fingerprint density at radius 1 is 1.44 bits per heavy atom. The van der Waals surface area contributed by atoms with E-state index in [1.165, 1.54) is 24.3 Å². The van der Waals surface area contributed by atoms with Gasteiger partial charge in [0.05, 0.1) is 6.10 Å². The maximum atomic E-state index is 12.7. The summed E-state index contributed by atoms with van der Waals surface area (Å²) in [4.78, 5) is 11.4. The van der Waals surface area contributed by atoms with E-state index >= 15 is 0 Å². The second-order valence-corrected chi connectivity index (χ2v) is 5.21. The summed E-state index contributed by atoms with van der Waals surface area (Å²) in [7, 11) is 0. The Hall–Kier alpha value is -1.07. The number of hydrogen-bond acceptors (Lipinski definition) is 3. The van der Waals surface area contributed by atoms with E-state index in [0.29, 0.717) is 12.0 Å². The van der Waals surface area contributed by atoms with Crippen LogP contribution in [0.1, 0.15) is 25.0 Å².